The van der Waals surface area contributed by atoms with Crippen LogP contribution in [0.15, 0.2) is 53.4 Å². The summed E-state index contributed by atoms with van der Waals surface area (Å²) < 4.78 is 33.5. The Morgan fingerprint density at radius 1 is 1.13 bits per heavy atom. The van der Waals surface area contributed by atoms with E-state index in [-0.39, 0.29) is 34.2 Å². The van der Waals surface area contributed by atoms with E-state index in [1.807, 2.05) is 30.3 Å². The number of carbonyl (C=O) groups excluding carboxylic acids is 1. The molecule has 3 rings (SSSR count). The van der Waals surface area contributed by atoms with E-state index < -0.39 is 16.1 Å². The van der Waals surface area contributed by atoms with Crippen LogP contribution in [0.1, 0.15) is 50.6 Å². The third kappa shape index (κ3) is 6.20. The van der Waals surface area contributed by atoms with E-state index in [1.54, 1.807) is 6.92 Å². The number of carbonyl (C=O) groups is 1. The fourth-order valence-electron chi connectivity index (χ4n) is 3.54. The van der Waals surface area contributed by atoms with Crippen molar-refractivity contribution >= 4 is 27.5 Å². The molecule has 1 saturated carbocycles. The second-order valence-electron chi connectivity index (χ2n) is 7.54. The van der Waals surface area contributed by atoms with Gasteiger partial charge < -0.3 is 10.1 Å². The van der Waals surface area contributed by atoms with Gasteiger partial charge in [-0.3, -0.25) is 4.79 Å². The number of benzene rings is 2. The van der Waals surface area contributed by atoms with Crippen LogP contribution >= 0.6 is 11.6 Å². The van der Waals surface area contributed by atoms with Crippen molar-refractivity contribution in [1.82, 2.24) is 10.0 Å². The number of hydrogen-bond acceptors (Lipinski definition) is 4. The molecule has 1 aliphatic carbocycles. The highest BCUT2D eigenvalue weighted by molar-refractivity contribution is 7.89. The van der Waals surface area contributed by atoms with Crippen LogP contribution in [0.25, 0.3) is 0 Å². The molecule has 1 atom stereocenters. The van der Waals surface area contributed by atoms with Gasteiger partial charge in [-0.1, -0.05) is 61.2 Å². The molecule has 0 spiro atoms. The summed E-state index contributed by atoms with van der Waals surface area (Å²) in [7, 11) is -3.77. The van der Waals surface area contributed by atoms with E-state index in [9.17, 15) is 13.2 Å². The lowest BCUT2D eigenvalue weighted by Gasteiger charge is -2.22. The molecule has 2 aromatic carbocycles. The molecular weight excluding hydrogens is 424 g/mol. The summed E-state index contributed by atoms with van der Waals surface area (Å²) in [5.41, 5.74) is 0.858. The van der Waals surface area contributed by atoms with Crippen molar-refractivity contribution in [2.75, 3.05) is 6.61 Å². The summed E-state index contributed by atoms with van der Waals surface area (Å²) in [5, 5.41) is 3.10. The molecule has 0 bridgehead atoms. The number of rotatable bonds is 8. The van der Waals surface area contributed by atoms with Crippen LogP contribution in [0.5, 0.6) is 5.75 Å². The zero-order chi connectivity index (χ0) is 21.6. The second kappa shape index (κ2) is 10.3. The van der Waals surface area contributed by atoms with Crippen molar-refractivity contribution in [1.29, 1.82) is 0 Å². The first-order chi connectivity index (χ1) is 14.3. The van der Waals surface area contributed by atoms with Crippen LogP contribution < -0.4 is 14.8 Å². The molecule has 2 aromatic rings. The maximum absolute atomic E-state index is 12.7. The van der Waals surface area contributed by atoms with E-state index in [0.717, 1.165) is 31.2 Å². The first kappa shape index (κ1) is 22.6. The van der Waals surface area contributed by atoms with Crippen molar-refractivity contribution in [3.8, 4) is 5.75 Å². The maximum Gasteiger partial charge on any atom is 0.258 e. The highest BCUT2D eigenvalue weighted by Crippen LogP contribution is 2.28. The van der Waals surface area contributed by atoms with Gasteiger partial charge in [0.05, 0.1) is 9.92 Å². The zero-order valence-electron chi connectivity index (χ0n) is 16.9. The molecule has 6 nitrogen and oxygen atoms in total. The molecule has 1 amide bonds. The Hall–Kier alpha value is -2.09. The molecule has 30 heavy (non-hydrogen) atoms. The first-order valence-electron chi connectivity index (χ1n) is 10.1. The SMILES string of the molecule is C[C@@H](NS(=O)(=O)c1ccc(OCC(=O)NC2CCCCC2)c(Cl)c1)c1ccccc1. The molecule has 1 aliphatic rings. The fraction of sp³-hybridized carbons (Fsp3) is 0.409. The third-order valence-electron chi connectivity index (χ3n) is 5.17. The van der Waals surface area contributed by atoms with Gasteiger partial charge in [0.15, 0.2) is 6.61 Å². The highest BCUT2D eigenvalue weighted by Gasteiger charge is 2.20. The number of hydrogen-bond donors (Lipinski definition) is 2. The van der Waals surface area contributed by atoms with E-state index in [4.69, 9.17) is 16.3 Å². The molecule has 0 radical (unpaired) electrons. The molecule has 0 aliphatic heterocycles. The molecule has 162 valence electrons. The molecule has 0 saturated heterocycles. The predicted molar refractivity (Wildman–Crippen MR) is 117 cm³/mol. The van der Waals surface area contributed by atoms with Crippen LogP contribution in [0.2, 0.25) is 5.02 Å². The topological polar surface area (TPSA) is 84.5 Å². The Morgan fingerprint density at radius 2 is 1.83 bits per heavy atom. The number of halogens is 1. The average molecular weight is 451 g/mol. The van der Waals surface area contributed by atoms with Gasteiger partial charge in [-0.15, -0.1) is 0 Å². The minimum Gasteiger partial charge on any atom is -0.482 e. The zero-order valence-corrected chi connectivity index (χ0v) is 18.5. The molecule has 0 unspecified atom stereocenters. The monoisotopic (exact) mass is 450 g/mol. The van der Waals surface area contributed by atoms with Crippen LogP contribution in [0.4, 0.5) is 0 Å². The van der Waals surface area contributed by atoms with Gasteiger partial charge in [0.25, 0.3) is 5.91 Å². The van der Waals surface area contributed by atoms with E-state index in [2.05, 4.69) is 10.0 Å². The van der Waals surface area contributed by atoms with Crippen molar-refractivity contribution in [2.24, 2.45) is 0 Å². The largest absolute Gasteiger partial charge is 0.482 e. The number of nitrogens with one attached hydrogen (secondary N) is 2. The summed E-state index contributed by atoms with van der Waals surface area (Å²) in [4.78, 5) is 12.1. The highest BCUT2D eigenvalue weighted by atomic mass is 35.5. The fourth-order valence-corrected chi connectivity index (χ4v) is 5.09. The Bertz CT molecular complexity index is 960. The van der Waals surface area contributed by atoms with Crippen LogP contribution in [-0.2, 0) is 14.8 Å². The van der Waals surface area contributed by atoms with Gasteiger partial charge in [-0.25, -0.2) is 13.1 Å². The van der Waals surface area contributed by atoms with Crippen LogP contribution in [0.3, 0.4) is 0 Å². The molecule has 8 heteroatoms. The summed E-state index contributed by atoms with van der Waals surface area (Å²) in [6, 6.07) is 13.3. The van der Waals surface area contributed by atoms with Crippen LogP contribution in [0, 0.1) is 0 Å². The molecular formula is C22H27ClN2O4S. The summed E-state index contributed by atoms with van der Waals surface area (Å²) in [6.45, 7) is 1.61. The Balaban J connectivity index is 1.59. The normalized spacial score (nSPS) is 16.1. The first-order valence-corrected chi connectivity index (χ1v) is 12.0. The maximum atomic E-state index is 12.7. The number of sulfonamides is 1. The van der Waals surface area contributed by atoms with Crippen LogP contribution in [-0.4, -0.2) is 27.0 Å². The molecule has 0 heterocycles. The van der Waals surface area contributed by atoms with E-state index in [0.29, 0.717) is 0 Å². The number of amides is 1. The van der Waals surface area contributed by atoms with Crippen molar-refractivity contribution in [2.45, 2.75) is 56.0 Å². The predicted octanol–water partition coefficient (Wildman–Crippen LogP) is 4.21. The smallest absolute Gasteiger partial charge is 0.258 e. The minimum atomic E-state index is -3.77. The van der Waals surface area contributed by atoms with E-state index >= 15 is 0 Å². The Morgan fingerprint density at radius 3 is 2.50 bits per heavy atom. The third-order valence-corrected chi connectivity index (χ3v) is 7.01. The van der Waals surface area contributed by atoms with Gasteiger partial charge in [-0.05, 0) is 43.5 Å². The quantitative estimate of drug-likeness (QED) is 0.631. The van der Waals surface area contributed by atoms with Gasteiger partial charge in [0, 0.05) is 12.1 Å². The lowest BCUT2D eigenvalue weighted by Crippen LogP contribution is -2.39. The van der Waals surface area contributed by atoms with Gasteiger partial charge in [-0.2, -0.15) is 0 Å². The Labute approximate surface area is 183 Å². The van der Waals surface area contributed by atoms with Gasteiger partial charge in [0.2, 0.25) is 10.0 Å². The molecule has 1 fully saturated rings. The minimum absolute atomic E-state index is 0.0364. The van der Waals surface area contributed by atoms with Crippen molar-refractivity contribution in [3.63, 3.8) is 0 Å². The van der Waals surface area contributed by atoms with Gasteiger partial charge in [0.1, 0.15) is 5.75 Å². The number of ether oxygens (including phenoxy) is 1. The summed E-state index contributed by atoms with van der Waals surface area (Å²) in [5.74, 6) is 0.0681. The lowest BCUT2D eigenvalue weighted by atomic mass is 9.95. The molecule has 2 N–H and O–H groups in total. The van der Waals surface area contributed by atoms with Crippen molar-refractivity contribution in [3.05, 3.63) is 59.1 Å². The van der Waals surface area contributed by atoms with Gasteiger partial charge >= 0.3 is 0 Å². The Kier molecular flexibility index (Phi) is 7.75. The summed E-state index contributed by atoms with van der Waals surface area (Å²) in [6.07, 6.45) is 5.46. The van der Waals surface area contributed by atoms with E-state index in [1.165, 1.54) is 24.6 Å². The lowest BCUT2D eigenvalue weighted by molar-refractivity contribution is -0.124. The van der Waals surface area contributed by atoms with Crippen molar-refractivity contribution < 1.29 is 17.9 Å². The molecule has 0 aromatic heterocycles. The second-order valence-corrected chi connectivity index (χ2v) is 9.66. The summed E-state index contributed by atoms with van der Waals surface area (Å²) >= 11 is 6.22. The standard InChI is InChI=1S/C22H27ClN2O4S/c1-16(17-8-4-2-5-9-17)25-30(27,28)19-12-13-21(20(23)14-19)29-15-22(26)24-18-10-6-3-7-11-18/h2,4-5,8-9,12-14,16,18,25H,3,6-7,10-11,15H2,1H3,(H,24,26)/t16-/m1/s1. The average Bonchev–Trinajstić information content (AvgIpc) is 2.74.